The Morgan fingerprint density at radius 2 is 2.18 bits per heavy atom. The van der Waals surface area contributed by atoms with Crippen LogP contribution in [0.1, 0.15) is 32.4 Å². The van der Waals surface area contributed by atoms with Crippen molar-refractivity contribution in [3.63, 3.8) is 0 Å². The van der Waals surface area contributed by atoms with E-state index in [1.54, 1.807) is 16.8 Å². The molecule has 3 rings (SSSR count). The van der Waals surface area contributed by atoms with Crippen LogP contribution in [0.2, 0.25) is 10.0 Å². The standard InChI is InChI=1S/C14H15Cl2N3O3/c1-8(20)21-7-9-3-2-4-14(22-9)19-13-6-11(16)10(15)5-12(13)17-18-19/h5-6,9,14H,2-4,7H2,1H3/t9-,14+/m1/s1. The van der Waals surface area contributed by atoms with E-state index in [1.807, 2.05) is 0 Å². The summed E-state index contributed by atoms with van der Waals surface area (Å²) in [7, 11) is 0. The van der Waals surface area contributed by atoms with E-state index in [-0.39, 0.29) is 24.9 Å². The molecule has 0 radical (unpaired) electrons. The van der Waals surface area contributed by atoms with Crippen molar-refractivity contribution in [2.24, 2.45) is 0 Å². The van der Waals surface area contributed by atoms with Gasteiger partial charge in [0.2, 0.25) is 0 Å². The second-order valence-electron chi connectivity index (χ2n) is 5.24. The smallest absolute Gasteiger partial charge is 0.302 e. The zero-order chi connectivity index (χ0) is 15.7. The van der Waals surface area contributed by atoms with Crippen LogP contribution >= 0.6 is 23.2 Å². The summed E-state index contributed by atoms with van der Waals surface area (Å²) in [6.45, 7) is 1.64. The summed E-state index contributed by atoms with van der Waals surface area (Å²) >= 11 is 12.1. The van der Waals surface area contributed by atoms with Crippen LogP contribution in [0.15, 0.2) is 12.1 Å². The van der Waals surface area contributed by atoms with Crippen molar-refractivity contribution in [1.82, 2.24) is 15.0 Å². The molecule has 0 unspecified atom stereocenters. The summed E-state index contributed by atoms with van der Waals surface area (Å²) in [5.74, 6) is -0.307. The number of benzene rings is 1. The van der Waals surface area contributed by atoms with Gasteiger partial charge in [-0.25, -0.2) is 4.68 Å². The van der Waals surface area contributed by atoms with Gasteiger partial charge >= 0.3 is 5.97 Å². The number of carbonyl (C=O) groups excluding carboxylic acids is 1. The topological polar surface area (TPSA) is 66.2 Å². The highest BCUT2D eigenvalue weighted by Gasteiger charge is 2.26. The first-order chi connectivity index (χ1) is 10.5. The van der Waals surface area contributed by atoms with Crippen molar-refractivity contribution >= 4 is 40.2 Å². The summed E-state index contributed by atoms with van der Waals surface area (Å²) in [6.07, 6.45) is 2.23. The third-order valence-electron chi connectivity index (χ3n) is 3.59. The summed E-state index contributed by atoms with van der Waals surface area (Å²) in [5, 5.41) is 9.14. The van der Waals surface area contributed by atoms with Crippen LogP contribution in [0.25, 0.3) is 11.0 Å². The van der Waals surface area contributed by atoms with Gasteiger partial charge in [-0.1, -0.05) is 28.4 Å². The molecule has 2 heterocycles. The van der Waals surface area contributed by atoms with Crippen molar-refractivity contribution in [1.29, 1.82) is 0 Å². The lowest BCUT2D eigenvalue weighted by Crippen LogP contribution is -2.30. The molecule has 1 aliphatic rings. The molecule has 0 spiro atoms. The van der Waals surface area contributed by atoms with Gasteiger partial charge in [0.1, 0.15) is 12.1 Å². The number of aromatic nitrogens is 3. The average Bonchev–Trinajstić information content (AvgIpc) is 2.89. The number of halogens is 2. The molecule has 118 valence electrons. The normalized spacial score (nSPS) is 22.0. The first-order valence-corrected chi connectivity index (χ1v) is 7.79. The first kappa shape index (κ1) is 15.5. The van der Waals surface area contributed by atoms with Gasteiger partial charge in [-0.05, 0) is 31.4 Å². The Labute approximate surface area is 137 Å². The lowest BCUT2D eigenvalue weighted by molar-refractivity contribution is -0.154. The van der Waals surface area contributed by atoms with Gasteiger partial charge in [-0.2, -0.15) is 0 Å². The van der Waals surface area contributed by atoms with Crippen LogP contribution in [-0.4, -0.2) is 33.7 Å². The van der Waals surface area contributed by atoms with Gasteiger partial charge in [-0.15, -0.1) is 5.10 Å². The van der Waals surface area contributed by atoms with Crippen molar-refractivity contribution in [3.05, 3.63) is 22.2 Å². The van der Waals surface area contributed by atoms with Crippen LogP contribution in [0.5, 0.6) is 0 Å². The Balaban J connectivity index is 1.81. The SMILES string of the molecule is CC(=O)OC[C@H]1CCC[C@@H](n2nnc3cc(Cl)c(Cl)cc32)O1. The van der Waals surface area contributed by atoms with Crippen molar-refractivity contribution < 1.29 is 14.3 Å². The van der Waals surface area contributed by atoms with Crippen LogP contribution in [0.4, 0.5) is 0 Å². The molecule has 1 aromatic carbocycles. The minimum Gasteiger partial charge on any atom is -0.463 e. The quantitative estimate of drug-likeness (QED) is 0.799. The zero-order valence-corrected chi connectivity index (χ0v) is 13.5. The molecular formula is C14H15Cl2N3O3. The summed E-state index contributed by atoms with van der Waals surface area (Å²) in [4.78, 5) is 10.9. The average molecular weight is 344 g/mol. The van der Waals surface area contributed by atoms with Gasteiger partial charge in [0.05, 0.1) is 21.7 Å². The second-order valence-corrected chi connectivity index (χ2v) is 6.05. The molecule has 1 aromatic heterocycles. The van der Waals surface area contributed by atoms with E-state index in [9.17, 15) is 4.79 Å². The molecule has 1 saturated heterocycles. The number of ether oxygens (including phenoxy) is 2. The number of rotatable bonds is 3. The van der Waals surface area contributed by atoms with Crippen molar-refractivity contribution in [2.45, 2.75) is 38.5 Å². The Morgan fingerprint density at radius 3 is 2.95 bits per heavy atom. The van der Waals surface area contributed by atoms with Gasteiger partial charge in [-0.3, -0.25) is 4.79 Å². The Bertz CT molecular complexity index is 704. The van der Waals surface area contributed by atoms with E-state index in [4.69, 9.17) is 32.7 Å². The lowest BCUT2D eigenvalue weighted by atomic mass is 10.1. The predicted octanol–water partition coefficient (Wildman–Crippen LogP) is 3.37. The largest absolute Gasteiger partial charge is 0.463 e. The minimum atomic E-state index is -0.307. The van der Waals surface area contributed by atoms with Gasteiger partial charge in [0, 0.05) is 6.92 Å². The number of nitrogens with zero attached hydrogens (tertiary/aromatic N) is 3. The Hall–Kier alpha value is -1.37. The zero-order valence-electron chi connectivity index (χ0n) is 12.0. The number of hydrogen-bond acceptors (Lipinski definition) is 5. The van der Waals surface area contributed by atoms with Crippen LogP contribution in [-0.2, 0) is 14.3 Å². The van der Waals surface area contributed by atoms with Gasteiger partial charge in [0.15, 0.2) is 6.23 Å². The maximum atomic E-state index is 10.9. The third kappa shape index (κ3) is 3.19. The first-order valence-electron chi connectivity index (χ1n) is 7.03. The van der Waals surface area contributed by atoms with E-state index in [0.717, 1.165) is 24.8 Å². The van der Waals surface area contributed by atoms with E-state index < -0.39 is 0 Å². The summed E-state index contributed by atoms with van der Waals surface area (Å²) in [6, 6.07) is 3.42. The maximum absolute atomic E-state index is 10.9. The molecule has 0 aliphatic carbocycles. The van der Waals surface area contributed by atoms with Crippen molar-refractivity contribution in [3.8, 4) is 0 Å². The number of hydrogen-bond donors (Lipinski definition) is 0. The third-order valence-corrected chi connectivity index (χ3v) is 4.31. The van der Waals surface area contributed by atoms with E-state index in [2.05, 4.69) is 10.3 Å². The van der Waals surface area contributed by atoms with Gasteiger partial charge in [0.25, 0.3) is 0 Å². The fourth-order valence-electron chi connectivity index (χ4n) is 2.54. The highest BCUT2D eigenvalue weighted by atomic mass is 35.5. The fourth-order valence-corrected chi connectivity index (χ4v) is 2.85. The Kier molecular flexibility index (Phi) is 4.52. The van der Waals surface area contributed by atoms with E-state index in [0.29, 0.717) is 15.6 Å². The molecule has 6 nitrogen and oxygen atoms in total. The van der Waals surface area contributed by atoms with E-state index >= 15 is 0 Å². The maximum Gasteiger partial charge on any atom is 0.302 e. The number of carbonyl (C=O) groups is 1. The molecule has 0 N–H and O–H groups in total. The van der Waals surface area contributed by atoms with Crippen molar-refractivity contribution in [2.75, 3.05) is 6.61 Å². The summed E-state index contributed by atoms with van der Waals surface area (Å²) < 4.78 is 12.7. The molecule has 1 fully saturated rings. The number of esters is 1. The molecule has 0 amide bonds. The molecule has 1 aliphatic heterocycles. The summed E-state index contributed by atoms with van der Waals surface area (Å²) in [5.41, 5.74) is 1.44. The Morgan fingerprint density at radius 1 is 1.41 bits per heavy atom. The molecular weight excluding hydrogens is 329 g/mol. The monoisotopic (exact) mass is 343 g/mol. The second kappa shape index (κ2) is 6.40. The highest BCUT2D eigenvalue weighted by molar-refractivity contribution is 6.42. The van der Waals surface area contributed by atoms with Crippen LogP contribution < -0.4 is 0 Å². The van der Waals surface area contributed by atoms with E-state index in [1.165, 1.54) is 6.92 Å². The molecule has 2 aromatic rings. The predicted molar refractivity (Wildman–Crippen MR) is 81.9 cm³/mol. The van der Waals surface area contributed by atoms with Crippen LogP contribution in [0.3, 0.4) is 0 Å². The molecule has 0 bridgehead atoms. The fraction of sp³-hybridized carbons (Fsp3) is 0.500. The molecule has 0 saturated carbocycles. The molecule has 2 atom stereocenters. The van der Waals surface area contributed by atoms with Crippen LogP contribution in [0, 0.1) is 0 Å². The molecule has 8 heteroatoms. The lowest BCUT2D eigenvalue weighted by Gasteiger charge is -2.29. The molecule has 22 heavy (non-hydrogen) atoms. The number of fused-ring (bicyclic) bond motifs is 1. The van der Waals surface area contributed by atoms with Gasteiger partial charge < -0.3 is 9.47 Å². The minimum absolute atomic E-state index is 0.135. The highest BCUT2D eigenvalue weighted by Crippen LogP contribution is 2.32.